The van der Waals surface area contributed by atoms with Crippen molar-refractivity contribution >= 4 is 0 Å². The van der Waals surface area contributed by atoms with Gasteiger partial charge in [-0.3, -0.25) is 9.80 Å². The fourth-order valence-electron chi connectivity index (χ4n) is 3.19. The lowest BCUT2D eigenvalue weighted by atomic mass is 10.1. The Morgan fingerprint density at radius 2 is 1.58 bits per heavy atom. The number of unbranched alkanes of at least 4 members (excludes halogenated alkanes) is 5. The second kappa shape index (κ2) is 12.5. The molecule has 1 heterocycles. The number of hydrogen-bond acceptors (Lipinski definition) is 4. The van der Waals surface area contributed by atoms with Crippen molar-refractivity contribution in [2.24, 2.45) is 5.73 Å². The fourth-order valence-corrected chi connectivity index (χ4v) is 3.19. The first-order valence-corrected chi connectivity index (χ1v) is 9.78. The Labute approximate surface area is 150 Å². The number of hydrogen-bond donors (Lipinski definition) is 2. The maximum absolute atomic E-state index is 5.51. The minimum atomic E-state index is 0.498. The molecule has 4 heteroatoms. The van der Waals surface area contributed by atoms with Crippen molar-refractivity contribution in [1.82, 2.24) is 15.1 Å². The average molecular weight is 337 g/mol. The van der Waals surface area contributed by atoms with Crippen molar-refractivity contribution in [3.8, 4) is 0 Å². The van der Waals surface area contributed by atoms with Crippen LogP contribution in [0.4, 0.5) is 0 Å². The topological polar surface area (TPSA) is 44.5 Å². The molecule has 0 aliphatic carbocycles. The van der Waals surface area contributed by atoms with Gasteiger partial charge in [0.05, 0.1) is 0 Å². The smallest absolute Gasteiger partial charge is 0.0376 e. The Bertz CT molecular complexity index is 359. The molecule has 140 valence electrons. The second-order valence-corrected chi connectivity index (χ2v) is 7.27. The molecule has 0 bridgehead atoms. The van der Waals surface area contributed by atoms with E-state index in [1.807, 2.05) is 0 Å². The van der Waals surface area contributed by atoms with Gasteiger partial charge in [0.15, 0.2) is 0 Å². The van der Waals surface area contributed by atoms with Gasteiger partial charge in [-0.25, -0.2) is 0 Å². The predicted octanol–water partition coefficient (Wildman–Crippen LogP) is 2.97. The lowest BCUT2D eigenvalue weighted by Crippen LogP contribution is -2.50. The number of nitrogens with zero attached hydrogens (tertiary/aromatic N) is 2. The van der Waals surface area contributed by atoms with Gasteiger partial charge >= 0.3 is 0 Å². The van der Waals surface area contributed by atoms with Gasteiger partial charge in [-0.2, -0.15) is 0 Å². The second-order valence-electron chi connectivity index (χ2n) is 7.27. The molecule has 3 N–H and O–H groups in total. The molecule has 0 aromatic carbocycles. The van der Waals surface area contributed by atoms with Gasteiger partial charge in [0.25, 0.3) is 0 Å². The van der Waals surface area contributed by atoms with Crippen LogP contribution in [0.5, 0.6) is 0 Å². The van der Waals surface area contributed by atoms with Crippen LogP contribution in [0, 0.1) is 0 Å². The summed E-state index contributed by atoms with van der Waals surface area (Å²) in [6.45, 7) is 20.0. The molecule has 1 atom stereocenters. The van der Waals surface area contributed by atoms with E-state index < -0.39 is 0 Å². The van der Waals surface area contributed by atoms with Gasteiger partial charge in [0, 0.05) is 51.0 Å². The molecule has 4 nitrogen and oxygen atoms in total. The van der Waals surface area contributed by atoms with Crippen LogP contribution in [0.25, 0.3) is 0 Å². The van der Waals surface area contributed by atoms with E-state index in [0.29, 0.717) is 6.04 Å². The zero-order chi connectivity index (χ0) is 17.8. The maximum atomic E-state index is 5.51. The normalized spacial score (nSPS) is 17.6. The summed E-state index contributed by atoms with van der Waals surface area (Å²) in [6, 6.07) is 0.498. The number of nitrogens with two attached hydrogens (primary N) is 1. The van der Waals surface area contributed by atoms with Gasteiger partial charge in [-0.05, 0) is 33.2 Å². The van der Waals surface area contributed by atoms with Gasteiger partial charge in [0.1, 0.15) is 0 Å². The van der Waals surface area contributed by atoms with E-state index in [4.69, 9.17) is 5.73 Å². The number of rotatable bonds is 13. The first-order valence-electron chi connectivity index (χ1n) is 9.78. The molecule has 1 saturated heterocycles. The van der Waals surface area contributed by atoms with Gasteiger partial charge < -0.3 is 11.1 Å². The van der Waals surface area contributed by atoms with E-state index in [2.05, 4.69) is 42.1 Å². The third kappa shape index (κ3) is 8.86. The lowest BCUT2D eigenvalue weighted by molar-refractivity contribution is 0.119. The van der Waals surface area contributed by atoms with Crippen molar-refractivity contribution in [2.45, 2.75) is 58.4 Å². The summed E-state index contributed by atoms with van der Waals surface area (Å²) in [5, 5.41) is 3.50. The van der Waals surface area contributed by atoms with E-state index in [1.165, 1.54) is 49.8 Å². The quantitative estimate of drug-likeness (QED) is 0.401. The van der Waals surface area contributed by atoms with E-state index >= 15 is 0 Å². The summed E-state index contributed by atoms with van der Waals surface area (Å²) in [7, 11) is 0. The molecule has 0 aromatic rings. The molecular weight excluding hydrogens is 296 g/mol. The Balaban J connectivity index is 2.03. The molecule has 1 unspecified atom stereocenters. The highest BCUT2D eigenvalue weighted by atomic mass is 15.3. The van der Waals surface area contributed by atoms with E-state index in [0.717, 1.165) is 45.8 Å². The van der Waals surface area contributed by atoms with Crippen LogP contribution in [0.1, 0.15) is 52.4 Å². The first-order chi connectivity index (χ1) is 11.5. The highest BCUT2D eigenvalue weighted by molar-refractivity contribution is 5.02. The monoisotopic (exact) mass is 336 g/mol. The fraction of sp³-hybridized carbons (Fsp3) is 0.800. The standard InChI is InChI=1S/C20H40N4/c1-18(2)20(4)24-15-13-23(14-16-24)17-19(3)22-12-10-8-6-5-7-9-11-21/h20,22H,1,3,5-17,21H2,2,4H3. The summed E-state index contributed by atoms with van der Waals surface area (Å²) in [5.41, 5.74) is 7.93. The summed E-state index contributed by atoms with van der Waals surface area (Å²) in [6.07, 6.45) is 7.66. The summed E-state index contributed by atoms with van der Waals surface area (Å²) in [4.78, 5) is 5.03. The van der Waals surface area contributed by atoms with Crippen molar-refractivity contribution in [1.29, 1.82) is 0 Å². The molecule has 0 spiro atoms. The molecule has 0 amide bonds. The van der Waals surface area contributed by atoms with Crippen LogP contribution in [-0.4, -0.2) is 61.7 Å². The molecule has 1 rings (SSSR count). The van der Waals surface area contributed by atoms with E-state index in [1.54, 1.807) is 0 Å². The molecule has 1 aliphatic heterocycles. The minimum Gasteiger partial charge on any atom is -0.388 e. The number of piperazine rings is 1. The Kier molecular flexibility index (Phi) is 11.1. The van der Waals surface area contributed by atoms with Gasteiger partial charge in [0.2, 0.25) is 0 Å². The molecule has 24 heavy (non-hydrogen) atoms. The predicted molar refractivity (Wildman–Crippen MR) is 106 cm³/mol. The van der Waals surface area contributed by atoms with Crippen LogP contribution in [0.3, 0.4) is 0 Å². The third-order valence-electron chi connectivity index (χ3n) is 5.09. The summed E-state index contributed by atoms with van der Waals surface area (Å²) < 4.78 is 0. The third-order valence-corrected chi connectivity index (χ3v) is 5.09. The minimum absolute atomic E-state index is 0.498. The SMILES string of the molecule is C=C(CN1CCN(C(C)C(=C)C)CC1)NCCCCCCCCN. The zero-order valence-electron chi connectivity index (χ0n) is 16.2. The molecule has 0 saturated carbocycles. The van der Waals surface area contributed by atoms with Crippen molar-refractivity contribution in [2.75, 3.05) is 45.8 Å². The maximum Gasteiger partial charge on any atom is 0.0376 e. The lowest BCUT2D eigenvalue weighted by Gasteiger charge is -2.38. The van der Waals surface area contributed by atoms with E-state index in [-0.39, 0.29) is 0 Å². The largest absolute Gasteiger partial charge is 0.388 e. The first kappa shape index (κ1) is 21.2. The average Bonchev–Trinajstić information content (AvgIpc) is 2.57. The highest BCUT2D eigenvalue weighted by Crippen LogP contribution is 2.12. The van der Waals surface area contributed by atoms with Crippen molar-refractivity contribution < 1.29 is 0 Å². The number of nitrogens with one attached hydrogen (secondary N) is 1. The van der Waals surface area contributed by atoms with Crippen molar-refractivity contribution in [3.05, 3.63) is 24.4 Å². The molecule has 0 radical (unpaired) electrons. The van der Waals surface area contributed by atoms with Crippen LogP contribution in [0.15, 0.2) is 24.4 Å². The molecular formula is C20H40N4. The van der Waals surface area contributed by atoms with Crippen LogP contribution in [0.2, 0.25) is 0 Å². The summed E-state index contributed by atoms with van der Waals surface area (Å²) >= 11 is 0. The molecule has 1 aliphatic rings. The van der Waals surface area contributed by atoms with Crippen LogP contribution in [-0.2, 0) is 0 Å². The molecule has 1 fully saturated rings. The Morgan fingerprint density at radius 1 is 1.00 bits per heavy atom. The van der Waals surface area contributed by atoms with Gasteiger partial charge in [-0.1, -0.05) is 44.4 Å². The molecule has 0 aromatic heterocycles. The van der Waals surface area contributed by atoms with E-state index in [9.17, 15) is 0 Å². The summed E-state index contributed by atoms with van der Waals surface area (Å²) in [5.74, 6) is 0. The van der Waals surface area contributed by atoms with Crippen LogP contribution < -0.4 is 11.1 Å². The van der Waals surface area contributed by atoms with Gasteiger partial charge in [-0.15, -0.1) is 0 Å². The van der Waals surface area contributed by atoms with Crippen LogP contribution >= 0.6 is 0 Å². The van der Waals surface area contributed by atoms with Crippen molar-refractivity contribution in [3.63, 3.8) is 0 Å². The Morgan fingerprint density at radius 3 is 2.17 bits per heavy atom. The zero-order valence-corrected chi connectivity index (χ0v) is 16.2. The Hall–Kier alpha value is -0.840. The highest BCUT2D eigenvalue weighted by Gasteiger charge is 2.21.